The highest BCUT2D eigenvalue weighted by atomic mass is 16.2. The van der Waals surface area contributed by atoms with Crippen molar-refractivity contribution in [2.45, 2.75) is 13.0 Å². The van der Waals surface area contributed by atoms with E-state index in [4.69, 9.17) is 5.73 Å². The second-order valence-electron chi connectivity index (χ2n) is 3.69. The number of amides is 2. The lowest BCUT2D eigenvalue weighted by atomic mass is 10.2. The third kappa shape index (κ3) is 1.81. The molecular weight excluding hydrogens is 208 g/mol. The molecular formula is C10H12N4O2. The number of carbonyl (C=O) groups excluding carboxylic acids is 2. The highest BCUT2D eigenvalue weighted by molar-refractivity contribution is 6.04. The fourth-order valence-corrected chi connectivity index (χ4v) is 1.63. The Morgan fingerprint density at radius 1 is 1.50 bits per heavy atom. The van der Waals surface area contributed by atoms with Gasteiger partial charge in [-0.25, -0.2) is 0 Å². The Kier molecular flexibility index (Phi) is 2.47. The molecule has 1 aromatic rings. The Balaban J connectivity index is 2.32. The minimum Gasteiger partial charge on any atom is -0.397 e. The van der Waals surface area contributed by atoms with Crippen LogP contribution in [0.2, 0.25) is 0 Å². The van der Waals surface area contributed by atoms with Gasteiger partial charge in [-0.15, -0.1) is 0 Å². The van der Waals surface area contributed by atoms with Crippen LogP contribution in [0.15, 0.2) is 18.5 Å². The first kappa shape index (κ1) is 10.4. The van der Waals surface area contributed by atoms with Gasteiger partial charge in [0.1, 0.15) is 6.04 Å². The first-order chi connectivity index (χ1) is 7.58. The van der Waals surface area contributed by atoms with Crippen LogP contribution < -0.4 is 16.0 Å². The number of nitrogens with zero attached hydrogens (tertiary/aromatic N) is 2. The molecule has 0 spiro atoms. The Morgan fingerprint density at radius 2 is 2.25 bits per heavy atom. The Labute approximate surface area is 92.4 Å². The standard InChI is InChI=1S/C10H12N4O2/c1-6-10(16)13-9(15)5-14(6)8-2-7(11)3-12-4-8/h2-4,6H,5,11H2,1H3,(H,13,15,16). The van der Waals surface area contributed by atoms with Gasteiger partial charge in [0.05, 0.1) is 24.1 Å². The minimum absolute atomic E-state index is 0.137. The topological polar surface area (TPSA) is 88.3 Å². The molecule has 1 aromatic heterocycles. The van der Waals surface area contributed by atoms with E-state index in [1.807, 2.05) is 0 Å². The average Bonchev–Trinajstić information content (AvgIpc) is 2.23. The number of nitrogen functional groups attached to an aromatic ring is 1. The molecule has 2 heterocycles. The molecule has 6 heteroatoms. The Hall–Kier alpha value is -2.11. The van der Waals surface area contributed by atoms with Crippen molar-refractivity contribution in [2.75, 3.05) is 17.2 Å². The normalized spacial score (nSPS) is 20.8. The molecule has 2 rings (SSSR count). The van der Waals surface area contributed by atoms with E-state index in [1.54, 1.807) is 24.1 Å². The first-order valence-electron chi connectivity index (χ1n) is 4.89. The molecule has 1 unspecified atom stereocenters. The quantitative estimate of drug-likeness (QED) is 0.624. The van der Waals surface area contributed by atoms with E-state index in [-0.39, 0.29) is 18.4 Å². The number of carbonyl (C=O) groups is 2. The van der Waals surface area contributed by atoms with Crippen LogP contribution in [0, 0.1) is 0 Å². The van der Waals surface area contributed by atoms with Crippen molar-refractivity contribution in [3.05, 3.63) is 18.5 Å². The lowest BCUT2D eigenvalue weighted by molar-refractivity contribution is -0.132. The van der Waals surface area contributed by atoms with Crippen molar-refractivity contribution in [1.29, 1.82) is 0 Å². The van der Waals surface area contributed by atoms with Crippen molar-refractivity contribution in [2.24, 2.45) is 0 Å². The number of pyridine rings is 1. The fourth-order valence-electron chi connectivity index (χ4n) is 1.63. The van der Waals surface area contributed by atoms with Gasteiger partial charge >= 0.3 is 0 Å². The number of nitrogens with one attached hydrogen (secondary N) is 1. The highest BCUT2D eigenvalue weighted by Crippen LogP contribution is 2.19. The van der Waals surface area contributed by atoms with E-state index in [0.29, 0.717) is 11.4 Å². The Bertz CT molecular complexity index is 446. The number of piperazine rings is 1. The number of nitrogens with two attached hydrogens (primary N) is 1. The molecule has 0 radical (unpaired) electrons. The summed E-state index contributed by atoms with van der Waals surface area (Å²) < 4.78 is 0. The molecule has 84 valence electrons. The summed E-state index contributed by atoms with van der Waals surface area (Å²) in [6.45, 7) is 1.86. The van der Waals surface area contributed by atoms with Gasteiger partial charge in [-0.05, 0) is 13.0 Å². The number of aromatic nitrogens is 1. The largest absolute Gasteiger partial charge is 0.397 e. The summed E-state index contributed by atoms with van der Waals surface area (Å²) in [5, 5.41) is 2.27. The zero-order chi connectivity index (χ0) is 11.7. The third-order valence-electron chi connectivity index (χ3n) is 2.50. The number of hydrogen-bond donors (Lipinski definition) is 2. The Morgan fingerprint density at radius 3 is 2.94 bits per heavy atom. The molecule has 1 atom stereocenters. The van der Waals surface area contributed by atoms with Crippen molar-refractivity contribution in [3.63, 3.8) is 0 Å². The molecule has 1 aliphatic heterocycles. The molecule has 0 aromatic carbocycles. The molecule has 0 bridgehead atoms. The molecule has 2 amide bonds. The average molecular weight is 220 g/mol. The van der Waals surface area contributed by atoms with Crippen molar-refractivity contribution >= 4 is 23.2 Å². The summed E-state index contributed by atoms with van der Waals surface area (Å²) >= 11 is 0. The summed E-state index contributed by atoms with van der Waals surface area (Å²) in [5.74, 6) is -0.621. The zero-order valence-electron chi connectivity index (χ0n) is 8.80. The van der Waals surface area contributed by atoms with Gasteiger partial charge in [-0.1, -0.05) is 0 Å². The van der Waals surface area contributed by atoms with E-state index in [9.17, 15) is 9.59 Å². The molecule has 6 nitrogen and oxygen atoms in total. The molecule has 16 heavy (non-hydrogen) atoms. The van der Waals surface area contributed by atoms with Crippen LogP contribution in [0.1, 0.15) is 6.92 Å². The van der Waals surface area contributed by atoms with Gasteiger partial charge in [-0.3, -0.25) is 19.9 Å². The SMILES string of the molecule is CC1C(=O)NC(=O)CN1c1cncc(N)c1. The van der Waals surface area contributed by atoms with Gasteiger partial charge in [0.25, 0.3) is 0 Å². The van der Waals surface area contributed by atoms with Crippen molar-refractivity contribution in [3.8, 4) is 0 Å². The van der Waals surface area contributed by atoms with Crippen LogP contribution >= 0.6 is 0 Å². The van der Waals surface area contributed by atoms with E-state index >= 15 is 0 Å². The van der Waals surface area contributed by atoms with Gasteiger partial charge in [0.15, 0.2) is 0 Å². The molecule has 1 aliphatic rings. The smallest absolute Gasteiger partial charge is 0.249 e. The maximum absolute atomic E-state index is 11.4. The van der Waals surface area contributed by atoms with E-state index in [0.717, 1.165) is 0 Å². The van der Waals surface area contributed by atoms with Crippen LogP contribution in [-0.2, 0) is 9.59 Å². The van der Waals surface area contributed by atoms with Crippen LogP contribution in [0.5, 0.6) is 0 Å². The van der Waals surface area contributed by atoms with Crippen LogP contribution in [0.4, 0.5) is 11.4 Å². The third-order valence-corrected chi connectivity index (χ3v) is 2.50. The predicted molar refractivity (Wildman–Crippen MR) is 58.6 cm³/mol. The van der Waals surface area contributed by atoms with Gasteiger partial charge in [-0.2, -0.15) is 0 Å². The summed E-state index contributed by atoms with van der Waals surface area (Å²) in [6, 6.07) is 1.29. The number of imide groups is 1. The summed E-state index contributed by atoms with van der Waals surface area (Å²) in [7, 11) is 0. The summed E-state index contributed by atoms with van der Waals surface area (Å²) in [5.41, 5.74) is 6.78. The van der Waals surface area contributed by atoms with Crippen molar-refractivity contribution < 1.29 is 9.59 Å². The van der Waals surface area contributed by atoms with E-state index in [2.05, 4.69) is 10.3 Å². The van der Waals surface area contributed by atoms with E-state index in [1.165, 1.54) is 6.20 Å². The lowest BCUT2D eigenvalue weighted by Gasteiger charge is -2.33. The van der Waals surface area contributed by atoms with E-state index < -0.39 is 6.04 Å². The predicted octanol–water partition coefficient (Wildman–Crippen LogP) is -0.485. The number of hydrogen-bond acceptors (Lipinski definition) is 5. The fraction of sp³-hybridized carbons (Fsp3) is 0.300. The minimum atomic E-state index is -0.402. The summed E-state index contributed by atoms with van der Waals surface area (Å²) in [4.78, 5) is 28.3. The van der Waals surface area contributed by atoms with Crippen LogP contribution in [0.25, 0.3) is 0 Å². The lowest BCUT2D eigenvalue weighted by Crippen LogP contribution is -2.57. The molecule has 0 saturated carbocycles. The first-order valence-corrected chi connectivity index (χ1v) is 4.89. The molecule has 0 aliphatic carbocycles. The van der Waals surface area contributed by atoms with Crippen LogP contribution in [0.3, 0.4) is 0 Å². The molecule has 3 N–H and O–H groups in total. The van der Waals surface area contributed by atoms with Gasteiger partial charge in [0, 0.05) is 6.20 Å². The maximum atomic E-state index is 11.4. The monoisotopic (exact) mass is 220 g/mol. The van der Waals surface area contributed by atoms with Crippen LogP contribution in [-0.4, -0.2) is 29.4 Å². The second-order valence-corrected chi connectivity index (χ2v) is 3.69. The highest BCUT2D eigenvalue weighted by Gasteiger charge is 2.30. The second kappa shape index (κ2) is 3.80. The van der Waals surface area contributed by atoms with Gasteiger partial charge in [0.2, 0.25) is 11.8 Å². The number of rotatable bonds is 1. The maximum Gasteiger partial charge on any atom is 0.249 e. The zero-order valence-corrected chi connectivity index (χ0v) is 8.80. The van der Waals surface area contributed by atoms with Gasteiger partial charge < -0.3 is 10.6 Å². The number of anilines is 2. The molecule has 1 saturated heterocycles. The van der Waals surface area contributed by atoms with Crippen molar-refractivity contribution in [1.82, 2.24) is 10.3 Å². The summed E-state index contributed by atoms with van der Waals surface area (Å²) in [6.07, 6.45) is 3.10. The molecule has 1 fully saturated rings.